The van der Waals surface area contributed by atoms with Crippen molar-refractivity contribution in [2.75, 3.05) is 0 Å². The standard InChI is InChI=1S/C15H16ClN3O/c1-15(6-7-15)14(20)13(19-10-17-9-18-19)8-11-2-4-12(16)5-3-11/h2-5,8-10,14,20H,6-7H2,1H3/b13-8+. The molecule has 1 heterocycles. The van der Waals surface area contributed by atoms with Crippen LogP contribution < -0.4 is 0 Å². The van der Waals surface area contributed by atoms with Gasteiger partial charge in [0.05, 0.1) is 5.70 Å². The monoisotopic (exact) mass is 289 g/mol. The highest BCUT2D eigenvalue weighted by atomic mass is 35.5. The van der Waals surface area contributed by atoms with Crippen LogP contribution in [0.25, 0.3) is 11.8 Å². The fraction of sp³-hybridized carbons (Fsp3) is 0.333. The van der Waals surface area contributed by atoms with E-state index in [1.54, 1.807) is 11.0 Å². The molecule has 0 radical (unpaired) electrons. The molecule has 20 heavy (non-hydrogen) atoms. The second-order valence-corrected chi connectivity index (χ2v) is 5.95. The van der Waals surface area contributed by atoms with Gasteiger partial charge in [0.2, 0.25) is 0 Å². The molecule has 0 spiro atoms. The minimum atomic E-state index is -0.556. The third kappa shape index (κ3) is 2.62. The molecular weight excluding hydrogens is 274 g/mol. The van der Waals surface area contributed by atoms with Crippen LogP contribution in [0.5, 0.6) is 0 Å². The van der Waals surface area contributed by atoms with Crippen molar-refractivity contribution >= 4 is 23.4 Å². The van der Waals surface area contributed by atoms with E-state index in [1.807, 2.05) is 30.3 Å². The third-order valence-electron chi connectivity index (χ3n) is 3.85. The van der Waals surface area contributed by atoms with Gasteiger partial charge in [0.1, 0.15) is 18.8 Å². The van der Waals surface area contributed by atoms with Crippen molar-refractivity contribution in [1.29, 1.82) is 0 Å². The molecule has 1 aromatic carbocycles. The Kier molecular flexibility index (Phi) is 3.36. The van der Waals surface area contributed by atoms with E-state index in [2.05, 4.69) is 17.0 Å². The van der Waals surface area contributed by atoms with Gasteiger partial charge in [-0.3, -0.25) is 0 Å². The molecular formula is C15H16ClN3O. The molecule has 1 saturated carbocycles. The normalized spacial score (nSPS) is 18.9. The highest BCUT2D eigenvalue weighted by Crippen LogP contribution is 2.50. The molecule has 0 amide bonds. The molecule has 1 aromatic heterocycles. The minimum Gasteiger partial charge on any atom is -0.386 e. The van der Waals surface area contributed by atoms with Gasteiger partial charge < -0.3 is 5.11 Å². The maximum Gasteiger partial charge on any atom is 0.138 e. The van der Waals surface area contributed by atoms with Crippen LogP contribution in [0, 0.1) is 5.41 Å². The Balaban J connectivity index is 1.99. The topological polar surface area (TPSA) is 50.9 Å². The molecule has 1 aliphatic rings. The molecule has 4 nitrogen and oxygen atoms in total. The summed E-state index contributed by atoms with van der Waals surface area (Å²) in [4.78, 5) is 3.96. The molecule has 1 N–H and O–H groups in total. The van der Waals surface area contributed by atoms with Crippen LogP contribution in [0.1, 0.15) is 25.3 Å². The van der Waals surface area contributed by atoms with Crippen molar-refractivity contribution in [3.05, 3.63) is 47.5 Å². The second kappa shape index (κ2) is 5.04. The van der Waals surface area contributed by atoms with Crippen molar-refractivity contribution in [3.63, 3.8) is 0 Å². The van der Waals surface area contributed by atoms with Crippen LogP contribution in [0.2, 0.25) is 5.02 Å². The lowest BCUT2D eigenvalue weighted by Gasteiger charge is -2.21. The van der Waals surface area contributed by atoms with Crippen LogP contribution in [0.4, 0.5) is 0 Å². The fourth-order valence-electron chi connectivity index (χ4n) is 2.17. The lowest BCUT2D eigenvalue weighted by Crippen LogP contribution is -2.24. The summed E-state index contributed by atoms with van der Waals surface area (Å²) in [5.41, 5.74) is 1.66. The molecule has 0 saturated heterocycles. The summed E-state index contributed by atoms with van der Waals surface area (Å²) in [7, 11) is 0. The molecule has 0 aliphatic heterocycles. The van der Waals surface area contributed by atoms with Crippen LogP contribution in [-0.2, 0) is 0 Å². The van der Waals surface area contributed by atoms with E-state index >= 15 is 0 Å². The predicted octanol–water partition coefficient (Wildman–Crippen LogP) is 3.09. The van der Waals surface area contributed by atoms with Gasteiger partial charge in [-0.15, -0.1) is 0 Å². The Morgan fingerprint density at radius 3 is 2.65 bits per heavy atom. The summed E-state index contributed by atoms with van der Waals surface area (Å²) in [5, 5.41) is 15.5. The zero-order chi connectivity index (χ0) is 14.2. The number of nitrogens with zero attached hydrogens (tertiary/aromatic N) is 3. The predicted molar refractivity (Wildman–Crippen MR) is 79.0 cm³/mol. The summed E-state index contributed by atoms with van der Waals surface area (Å²) in [6.45, 7) is 2.09. The maximum absolute atomic E-state index is 10.6. The van der Waals surface area contributed by atoms with Crippen molar-refractivity contribution in [1.82, 2.24) is 14.8 Å². The highest BCUT2D eigenvalue weighted by molar-refractivity contribution is 6.30. The Hall–Kier alpha value is -1.65. The summed E-state index contributed by atoms with van der Waals surface area (Å²) < 4.78 is 1.63. The average Bonchev–Trinajstić information content (AvgIpc) is 2.99. The largest absolute Gasteiger partial charge is 0.386 e. The first-order chi connectivity index (χ1) is 9.58. The van der Waals surface area contributed by atoms with Crippen LogP contribution in [0.3, 0.4) is 0 Å². The van der Waals surface area contributed by atoms with E-state index in [4.69, 9.17) is 11.6 Å². The van der Waals surface area contributed by atoms with Gasteiger partial charge in [-0.1, -0.05) is 30.7 Å². The molecule has 3 rings (SSSR count). The Morgan fingerprint density at radius 1 is 1.40 bits per heavy atom. The first kappa shape index (κ1) is 13.3. The van der Waals surface area contributed by atoms with Gasteiger partial charge >= 0.3 is 0 Å². The summed E-state index contributed by atoms with van der Waals surface area (Å²) in [6, 6.07) is 7.50. The Morgan fingerprint density at radius 2 is 2.10 bits per heavy atom. The van der Waals surface area contributed by atoms with Gasteiger partial charge in [0, 0.05) is 5.02 Å². The quantitative estimate of drug-likeness (QED) is 0.941. The Bertz CT molecular complexity index is 615. The van der Waals surface area contributed by atoms with Crippen molar-refractivity contribution in [2.45, 2.75) is 25.9 Å². The van der Waals surface area contributed by atoms with E-state index in [9.17, 15) is 5.11 Å². The number of benzene rings is 1. The van der Waals surface area contributed by atoms with E-state index < -0.39 is 6.10 Å². The van der Waals surface area contributed by atoms with Crippen LogP contribution >= 0.6 is 11.6 Å². The van der Waals surface area contributed by atoms with Gasteiger partial charge in [-0.2, -0.15) is 5.10 Å². The number of aliphatic hydroxyl groups excluding tert-OH is 1. The number of aliphatic hydroxyl groups is 1. The average molecular weight is 290 g/mol. The van der Waals surface area contributed by atoms with Gasteiger partial charge in [-0.25, -0.2) is 9.67 Å². The van der Waals surface area contributed by atoms with E-state index in [0.717, 1.165) is 24.1 Å². The van der Waals surface area contributed by atoms with Gasteiger partial charge in [0.15, 0.2) is 0 Å². The lowest BCUT2D eigenvalue weighted by molar-refractivity contribution is 0.152. The Labute approximate surface area is 122 Å². The van der Waals surface area contributed by atoms with E-state index in [1.165, 1.54) is 6.33 Å². The molecule has 2 aromatic rings. The molecule has 0 bridgehead atoms. The van der Waals surface area contributed by atoms with Crippen LogP contribution in [0.15, 0.2) is 36.9 Å². The minimum absolute atomic E-state index is 0.0514. The summed E-state index contributed by atoms with van der Waals surface area (Å²) >= 11 is 5.90. The summed E-state index contributed by atoms with van der Waals surface area (Å²) in [6.07, 6.45) is 6.51. The SMILES string of the molecule is CC1(C(O)/C(=C\c2ccc(Cl)cc2)n2cncn2)CC1. The fourth-order valence-corrected chi connectivity index (χ4v) is 2.30. The number of rotatable bonds is 4. The molecule has 1 aliphatic carbocycles. The zero-order valence-electron chi connectivity index (χ0n) is 11.2. The molecule has 104 valence electrons. The van der Waals surface area contributed by atoms with E-state index in [0.29, 0.717) is 5.02 Å². The second-order valence-electron chi connectivity index (χ2n) is 5.52. The van der Waals surface area contributed by atoms with Gasteiger partial charge in [-0.05, 0) is 42.0 Å². The third-order valence-corrected chi connectivity index (χ3v) is 4.10. The first-order valence-electron chi connectivity index (χ1n) is 6.59. The zero-order valence-corrected chi connectivity index (χ0v) is 12.0. The maximum atomic E-state index is 10.6. The lowest BCUT2D eigenvalue weighted by atomic mass is 9.97. The number of aromatic nitrogens is 3. The molecule has 1 unspecified atom stereocenters. The summed E-state index contributed by atoms with van der Waals surface area (Å²) in [5.74, 6) is 0. The van der Waals surface area contributed by atoms with Crippen molar-refractivity contribution in [3.8, 4) is 0 Å². The number of hydrogen-bond acceptors (Lipinski definition) is 3. The highest BCUT2D eigenvalue weighted by Gasteiger charge is 2.46. The molecule has 1 fully saturated rings. The smallest absolute Gasteiger partial charge is 0.138 e. The molecule has 1 atom stereocenters. The van der Waals surface area contributed by atoms with Crippen molar-refractivity contribution in [2.24, 2.45) is 5.41 Å². The van der Waals surface area contributed by atoms with Gasteiger partial charge in [0.25, 0.3) is 0 Å². The van der Waals surface area contributed by atoms with Crippen LogP contribution in [-0.4, -0.2) is 26.0 Å². The number of halogens is 1. The molecule has 5 heteroatoms. The van der Waals surface area contributed by atoms with E-state index in [-0.39, 0.29) is 5.41 Å². The van der Waals surface area contributed by atoms with Crippen molar-refractivity contribution < 1.29 is 5.11 Å². The number of hydrogen-bond donors (Lipinski definition) is 1. The first-order valence-corrected chi connectivity index (χ1v) is 6.96.